The fourth-order valence-electron chi connectivity index (χ4n) is 2.48. The molecule has 2 heterocycles. The van der Waals surface area contributed by atoms with E-state index in [9.17, 15) is 0 Å². The molecular weight excluding hydrogens is 234 g/mol. The molecule has 1 aromatic rings. The molecule has 3 heteroatoms. The monoisotopic (exact) mass is 261 g/mol. The first-order chi connectivity index (χ1) is 8.88. The van der Waals surface area contributed by atoms with Gasteiger partial charge >= 0.3 is 0 Å². The molecule has 0 spiro atoms. The topological polar surface area (TPSA) is 19.4 Å². The molecule has 2 rings (SSSR count). The van der Waals surface area contributed by atoms with Gasteiger partial charge in [0.15, 0.2) is 0 Å². The summed E-state index contributed by atoms with van der Waals surface area (Å²) in [5.41, 5.74) is 1.30. The van der Waals surface area contributed by atoms with E-state index in [4.69, 9.17) is 4.98 Å². The standard InChI is InChI=1S/C16H27N3/c1-13(2)18-9-11-19(12-10-18)15-8-6-7-14(17-15)16(3,4)5/h6-8,13H,9-12H2,1-5H3. The van der Waals surface area contributed by atoms with Crippen LogP contribution in [-0.2, 0) is 5.41 Å². The van der Waals surface area contributed by atoms with E-state index in [1.165, 1.54) is 5.69 Å². The zero-order valence-electron chi connectivity index (χ0n) is 13.0. The Morgan fingerprint density at radius 1 is 1.05 bits per heavy atom. The van der Waals surface area contributed by atoms with Gasteiger partial charge in [-0.2, -0.15) is 0 Å². The number of anilines is 1. The highest BCUT2D eigenvalue weighted by molar-refractivity contribution is 5.40. The average molecular weight is 261 g/mol. The molecule has 0 N–H and O–H groups in total. The zero-order valence-corrected chi connectivity index (χ0v) is 13.0. The molecule has 1 aliphatic rings. The van der Waals surface area contributed by atoms with Crippen LogP contribution in [0, 0.1) is 0 Å². The van der Waals surface area contributed by atoms with E-state index in [1.807, 2.05) is 0 Å². The highest BCUT2D eigenvalue weighted by Crippen LogP contribution is 2.23. The van der Waals surface area contributed by atoms with E-state index < -0.39 is 0 Å². The third-order valence-corrected chi connectivity index (χ3v) is 3.87. The molecule has 0 saturated carbocycles. The first-order valence-electron chi connectivity index (χ1n) is 7.34. The minimum absolute atomic E-state index is 0.121. The number of aromatic nitrogens is 1. The first kappa shape index (κ1) is 14.3. The van der Waals surface area contributed by atoms with Gasteiger partial charge in [0.25, 0.3) is 0 Å². The maximum absolute atomic E-state index is 4.84. The summed E-state index contributed by atoms with van der Waals surface area (Å²) in [5, 5.41) is 0. The molecule has 0 radical (unpaired) electrons. The normalized spacial score (nSPS) is 18.1. The summed E-state index contributed by atoms with van der Waals surface area (Å²) in [6, 6.07) is 7.06. The number of hydrogen-bond donors (Lipinski definition) is 0. The van der Waals surface area contributed by atoms with E-state index in [2.05, 4.69) is 62.6 Å². The smallest absolute Gasteiger partial charge is 0.128 e. The highest BCUT2D eigenvalue weighted by Gasteiger charge is 2.21. The van der Waals surface area contributed by atoms with Gasteiger partial charge in [-0.1, -0.05) is 26.8 Å². The van der Waals surface area contributed by atoms with E-state index in [1.54, 1.807) is 0 Å². The van der Waals surface area contributed by atoms with Gasteiger partial charge in [-0.3, -0.25) is 4.90 Å². The summed E-state index contributed by atoms with van der Waals surface area (Å²) in [4.78, 5) is 9.79. The molecule has 3 nitrogen and oxygen atoms in total. The van der Waals surface area contributed by atoms with Crippen molar-refractivity contribution in [2.75, 3.05) is 31.1 Å². The number of rotatable bonds is 2. The van der Waals surface area contributed by atoms with Gasteiger partial charge in [-0.05, 0) is 26.0 Å². The van der Waals surface area contributed by atoms with Crippen molar-refractivity contribution in [2.45, 2.75) is 46.1 Å². The van der Waals surface area contributed by atoms with E-state index in [0.717, 1.165) is 32.0 Å². The fraction of sp³-hybridized carbons (Fsp3) is 0.688. The van der Waals surface area contributed by atoms with Crippen molar-refractivity contribution in [3.05, 3.63) is 23.9 Å². The molecular formula is C16H27N3. The Kier molecular flexibility index (Phi) is 4.14. The predicted octanol–water partition coefficient (Wildman–Crippen LogP) is 2.91. The summed E-state index contributed by atoms with van der Waals surface area (Å²) < 4.78 is 0. The van der Waals surface area contributed by atoms with Crippen molar-refractivity contribution in [3.63, 3.8) is 0 Å². The van der Waals surface area contributed by atoms with Gasteiger partial charge in [-0.15, -0.1) is 0 Å². The van der Waals surface area contributed by atoms with Crippen molar-refractivity contribution in [3.8, 4) is 0 Å². The van der Waals surface area contributed by atoms with Crippen LogP contribution in [-0.4, -0.2) is 42.1 Å². The minimum atomic E-state index is 0.121. The maximum Gasteiger partial charge on any atom is 0.128 e. The predicted molar refractivity (Wildman–Crippen MR) is 81.9 cm³/mol. The summed E-state index contributed by atoms with van der Waals surface area (Å²) >= 11 is 0. The van der Waals surface area contributed by atoms with Crippen molar-refractivity contribution in [1.29, 1.82) is 0 Å². The Morgan fingerprint density at radius 2 is 1.68 bits per heavy atom. The van der Waals surface area contributed by atoms with Gasteiger partial charge in [0.05, 0.1) is 0 Å². The largest absolute Gasteiger partial charge is 0.354 e. The van der Waals surface area contributed by atoms with Crippen LogP contribution in [0.15, 0.2) is 18.2 Å². The van der Waals surface area contributed by atoms with Crippen LogP contribution in [0.5, 0.6) is 0 Å². The van der Waals surface area contributed by atoms with Crippen molar-refractivity contribution in [1.82, 2.24) is 9.88 Å². The molecule has 0 amide bonds. The lowest BCUT2D eigenvalue weighted by molar-refractivity contribution is 0.209. The van der Waals surface area contributed by atoms with Gasteiger partial charge in [0, 0.05) is 43.3 Å². The van der Waals surface area contributed by atoms with Crippen molar-refractivity contribution in [2.24, 2.45) is 0 Å². The molecule has 106 valence electrons. The number of piperazine rings is 1. The van der Waals surface area contributed by atoms with Crippen LogP contribution in [0.1, 0.15) is 40.3 Å². The molecule has 0 atom stereocenters. The second-order valence-electron chi connectivity index (χ2n) is 6.75. The molecule has 0 bridgehead atoms. The molecule has 0 aliphatic carbocycles. The molecule has 0 aromatic carbocycles. The Hall–Kier alpha value is -1.09. The number of hydrogen-bond acceptors (Lipinski definition) is 3. The Labute approximate surface area is 117 Å². The molecule has 19 heavy (non-hydrogen) atoms. The van der Waals surface area contributed by atoms with Gasteiger partial charge < -0.3 is 4.90 Å². The first-order valence-corrected chi connectivity index (χ1v) is 7.34. The maximum atomic E-state index is 4.84. The summed E-state index contributed by atoms with van der Waals surface area (Å²) in [7, 11) is 0. The number of pyridine rings is 1. The molecule has 1 fully saturated rings. The lowest BCUT2D eigenvalue weighted by Crippen LogP contribution is -2.49. The zero-order chi connectivity index (χ0) is 14.0. The minimum Gasteiger partial charge on any atom is -0.354 e. The molecule has 0 unspecified atom stereocenters. The number of nitrogens with zero attached hydrogens (tertiary/aromatic N) is 3. The Bertz CT molecular complexity index is 412. The third-order valence-electron chi connectivity index (χ3n) is 3.87. The summed E-state index contributed by atoms with van der Waals surface area (Å²) in [5.74, 6) is 1.14. The van der Waals surface area contributed by atoms with Gasteiger partial charge in [0.1, 0.15) is 5.82 Å². The fourth-order valence-corrected chi connectivity index (χ4v) is 2.48. The lowest BCUT2D eigenvalue weighted by Gasteiger charge is -2.37. The van der Waals surface area contributed by atoms with Gasteiger partial charge in [-0.25, -0.2) is 4.98 Å². The van der Waals surface area contributed by atoms with Crippen LogP contribution in [0.4, 0.5) is 5.82 Å². The van der Waals surface area contributed by atoms with Crippen LogP contribution >= 0.6 is 0 Å². The summed E-state index contributed by atoms with van der Waals surface area (Å²) in [6.07, 6.45) is 0. The SMILES string of the molecule is CC(C)N1CCN(c2cccc(C(C)(C)C)n2)CC1. The van der Waals surface area contributed by atoms with Crippen molar-refractivity contribution < 1.29 is 0 Å². The molecule has 1 aliphatic heterocycles. The quantitative estimate of drug-likeness (QED) is 0.816. The van der Waals surface area contributed by atoms with E-state index in [0.29, 0.717) is 6.04 Å². The average Bonchev–Trinajstić information content (AvgIpc) is 2.38. The highest BCUT2D eigenvalue weighted by atomic mass is 15.3. The second-order valence-corrected chi connectivity index (χ2v) is 6.75. The van der Waals surface area contributed by atoms with Crippen LogP contribution < -0.4 is 4.90 Å². The van der Waals surface area contributed by atoms with Crippen molar-refractivity contribution >= 4 is 5.82 Å². The Balaban J connectivity index is 2.08. The van der Waals surface area contributed by atoms with E-state index >= 15 is 0 Å². The summed E-state index contributed by atoms with van der Waals surface area (Å²) in [6.45, 7) is 15.6. The van der Waals surface area contributed by atoms with Crippen LogP contribution in [0.25, 0.3) is 0 Å². The van der Waals surface area contributed by atoms with Crippen LogP contribution in [0.3, 0.4) is 0 Å². The lowest BCUT2D eigenvalue weighted by atomic mass is 9.92. The van der Waals surface area contributed by atoms with Gasteiger partial charge in [0.2, 0.25) is 0 Å². The second kappa shape index (κ2) is 5.49. The molecule has 1 aromatic heterocycles. The van der Waals surface area contributed by atoms with E-state index in [-0.39, 0.29) is 5.41 Å². The molecule has 1 saturated heterocycles. The van der Waals surface area contributed by atoms with Crippen LogP contribution in [0.2, 0.25) is 0 Å². The third kappa shape index (κ3) is 3.47. The Morgan fingerprint density at radius 3 is 2.21 bits per heavy atom.